The fraction of sp³-hybridized carbons (Fsp3) is 0.800. The molecule has 0 aliphatic rings. The van der Waals surface area contributed by atoms with E-state index in [2.05, 4.69) is 15.6 Å². The van der Waals surface area contributed by atoms with Crippen LogP contribution in [0.15, 0.2) is 0 Å². The van der Waals surface area contributed by atoms with Gasteiger partial charge in [-0.2, -0.15) is 0 Å². The molecule has 2 N–H and O–H groups in total. The van der Waals surface area contributed by atoms with Gasteiger partial charge in [-0.05, 0) is 27.7 Å². The number of ether oxygens (including phenoxy) is 1. The van der Waals surface area contributed by atoms with Gasteiger partial charge >= 0.3 is 6.09 Å². The molecule has 0 aliphatic carbocycles. The fourth-order valence-corrected chi connectivity index (χ4v) is 0.796. The Balaban J connectivity index is 3.58. The molecule has 0 aromatic heterocycles. The quantitative estimate of drug-likeness (QED) is 0.692. The van der Waals surface area contributed by atoms with Crippen molar-refractivity contribution in [3.8, 4) is 0 Å². The highest BCUT2D eigenvalue weighted by Crippen LogP contribution is 2.06. The summed E-state index contributed by atoms with van der Waals surface area (Å²) in [7, 11) is 0. The Morgan fingerprint density at radius 2 is 1.88 bits per heavy atom. The average Bonchev–Trinajstić information content (AvgIpc) is 2.11. The van der Waals surface area contributed by atoms with Gasteiger partial charge in [0, 0.05) is 13.0 Å². The van der Waals surface area contributed by atoms with E-state index >= 15 is 0 Å². The first kappa shape index (κ1) is 14.7. The summed E-state index contributed by atoms with van der Waals surface area (Å²) in [4.78, 5) is 26.9. The maximum absolute atomic E-state index is 11.2. The summed E-state index contributed by atoms with van der Waals surface area (Å²) in [5, 5.41) is 2.47. The van der Waals surface area contributed by atoms with Gasteiger partial charge in [-0.1, -0.05) is 0 Å². The van der Waals surface area contributed by atoms with Crippen LogP contribution in [0.5, 0.6) is 0 Å². The third kappa shape index (κ3) is 9.26. The maximum atomic E-state index is 11.2. The Morgan fingerprint density at radius 3 is 2.38 bits per heavy atom. The molecule has 2 amide bonds. The predicted octanol–water partition coefficient (Wildman–Crippen LogP) is 0.969. The highest BCUT2D eigenvalue weighted by molar-refractivity contribution is 5.76. The summed E-state index contributed by atoms with van der Waals surface area (Å²) in [6.45, 7) is 7.70. The van der Waals surface area contributed by atoms with Crippen molar-refractivity contribution < 1.29 is 19.2 Å². The normalized spacial score (nSPS) is 10.8. The van der Waals surface area contributed by atoms with E-state index in [1.165, 1.54) is 0 Å². The van der Waals surface area contributed by atoms with Crippen LogP contribution in [-0.2, 0) is 14.4 Å². The number of carbonyl (C=O) groups is 2. The van der Waals surface area contributed by atoms with Crippen molar-refractivity contribution in [3.63, 3.8) is 0 Å². The SMILES string of the molecule is CCONC(=O)CCNC(=O)OC(C)(C)C. The van der Waals surface area contributed by atoms with Gasteiger partial charge in [-0.3, -0.25) is 9.63 Å². The van der Waals surface area contributed by atoms with Crippen molar-refractivity contribution in [2.75, 3.05) is 13.2 Å². The fourth-order valence-electron chi connectivity index (χ4n) is 0.796. The van der Waals surface area contributed by atoms with E-state index in [1.54, 1.807) is 27.7 Å². The predicted molar refractivity (Wildman–Crippen MR) is 58.6 cm³/mol. The summed E-state index contributed by atoms with van der Waals surface area (Å²) in [5.41, 5.74) is 1.69. The standard InChI is InChI=1S/C10H20N2O4/c1-5-15-12-8(13)6-7-11-9(14)16-10(2,3)4/h5-7H2,1-4H3,(H,11,14)(H,12,13). The van der Waals surface area contributed by atoms with Crippen molar-refractivity contribution >= 4 is 12.0 Å². The smallest absolute Gasteiger partial charge is 0.407 e. The monoisotopic (exact) mass is 232 g/mol. The molecule has 0 saturated carbocycles. The maximum Gasteiger partial charge on any atom is 0.407 e. The summed E-state index contributed by atoms with van der Waals surface area (Å²) in [6, 6.07) is 0. The molecule has 0 aliphatic heterocycles. The molecule has 0 aromatic rings. The molecule has 94 valence electrons. The van der Waals surface area contributed by atoms with E-state index in [4.69, 9.17) is 4.74 Å². The van der Waals surface area contributed by atoms with Crippen LogP contribution in [0, 0.1) is 0 Å². The van der Waals surface area contributed by atoms with Gasteiger partial charge in [-0.15, -0.1) is 0 Å². The average molecular weight is 232 g/mol. The Bertz CT molecular complexity index is 235. The molecule has 0 bridgehead atoms. The summed E-state index contributed by atoms with van der Waals surface area (Å²) in [6.07, 6.45) is -0.379. The first-order valence-electron chi connectivity index (χ1n) is 5.22. The number of alkyl carbamates (subject to hydrolysis) is 1. The molecule has 0 saturated heterocycles. The van der Waals surface area contributed by atoms with Crippen LogP contribution in [0.4, 0.5) is 4.79 Å². The van der Waals surface area contributed by atoms with E-state index < -0.39 is 11.7 Å². The lowest BCUT2D eigenvalue weighted by Gasteiger charge is -2.19. The van der Waals surface area contributed by atoms with Gasteiger partial charge in [0.1, 0.15) is 5.60 Å². The van der Waals surface area contributed by atoms with Crippen molar-refractivity contribution in [1.29, 1.82) is 0 Å². The highest BCUT2D eigenvalue weighted by Gasteiger charge is 2.15. The van der Waals surface area contributed by atoms with Gasteiger partial charge in [0.2, 0.25) is 5.91 Å². The third-order valence-electron chi connectivity index (χ3n) is 1.35. The minimum atomic E-state index is -0.531. The van der Waals surface area contributed by atoms with Crippen molar-refractivity contribution in [2.45, 2.75) is 39.7 Å². The summed E-state index contributed by atoms with van der Waals surface area (Å²) >= 11 is 0. The van der Waals surface area contributed by atoms with E-state index in [9.17, 15) is 9.59 Å². The van der Waals surface area contributed by atoms with Crippen LogP contribution < -0.4 is 10.8 Å². The van der Waals surface area contributed by atoms with Gasteiger partial charge in [-0.25, -0.2) is 10.3 Å². The van der Waals surface area contributed by atoms with Crippen molar-refractivity contribution in [1.82, 2.24) is 10.8 Å². The molecule has 0 atom stereocenters. The van der Waals surface area contributed by atoms with E-state index in [0.717, 1.165) is 0 Å². The largest absolute Gasteiger partial charge is 0.444 e. The Labute approximate surface area is 95.6 Å². The Hall–Kier alpha value is -1.30. The van der Waals surface area contributed by atoms with Crippen molar-refractivity contribution in [3.05, 3.63) is 0 Å². The molecule has 0 radical (unpaired) electrons. The number of hydrogen-bond donors (Lipinski definition) is 2. The molecule has 6 nitrogen and oxygen atoms in total. The van der Waals surface area contributed by atoms with Crippen LogP contribution >= 0.6 is 0 Å². The molecule has 0 spiro atoms. The summed E-state index contributed by atoms with van der Waals surface area (Å²) < 4.78 is 4.99. The third-order valence-corrected chi connectivity index (χ3v) is 1.35. The Morgan fingerprint density at radius 1 is 1.25 bits per heavy atom. The number of hydrogen-bond acceptors (Lipinski definition) is 4. The molecular weight excluding hydrogens is 212 g/mol. The first-order chi connectivity index (χ1) is 7.35. The minimum absolute atomic E-state index is 0.152. The van der Waals surface area contributed by atoms with Gasteiger partial charge in [0.15, 0.2) is 0 Å². The molecule has 0 fully saturated rings. The molecule has 16 heavy (non-hydrogen) atoms. The number of carbonyl (C=O) groups excluding carboxylic acids is 2. The van der Waals surface area contributed by atoms with Crippen LogP contribution in [0.2, 0.25) is 0 Å². The number of hydroxylamine groups is 1. The lowest BCUT2D eigenvalue weighted by atomic mass is 10.2. The van der Waals surface area contributed by atoms with E-state index in [-0.39, 0.29) is 18.9 Å². The molecule has 0 rings (SSSR count). The molecule has 6 heteroatoms. The van der Waals surface area contributed by atoms with Gasteiger partial charge < -0.3 is 10.1 Å². The van der Waals surface area contributed by atoms with Crippen LogP contribution in [-0.4, -0.2) is 30.8 Å². The molecule has 0 heterocycles. The van der Waals surface area contributed by atoms with Crippen LogP contribution in [0.25, 0.3) is 0 Å². The zero-order valence-corrected chi connectivity index (χ0v) is 10.3. The number of nitrogens with one attached hydrogen (secondary N) is 2. The number of rotatable bonds is 5. The van der Waals surface area contributed by atoms with Gasteiger partial charge in [0.25, 0.3) is 0 Å². The highest BCUT2D eigenvalue weighted by atomic mass is 16.6. The lowest BCUT2D eigenvalue weighted by Crippen LogP contribution is -2.35. The number of amides is 2. The molecule has 0 aromatic carbocycles. The van der Waals surface area contributed by atoms with Crippen LogP contribution in [0.1, 0.15) is 34.1 Å². The zero-order chi connectivity index (χ0) is 12.6. The van der Waals surface area contributed by atoms with Crippen molar-refractivity contribution in [2.24, 2.45) is 0 Å². The van der Waals surface area contributed by atoms with E-state index in [1.807, 2.05) is 0 Å². The van der Waals surface area contributed by atoms with Crippen LogP contribution in [0.3, 0.4) is 0 Å². The topological polar surface area (TPSA) is 76.7 Å². The summed E-state index contributed by atoms with van der Waals surface area (Å²) in [5.74, 6) is -0.280. The molecule has 0 unspecified atom stereocenters. The second kappa shape index (κ2) is 7.05. The lowest BCUT2D eigenvalue weighted by molar-refractivity contribution is -0.133. The van der Waals surface area contributed by atoms with Gasteiger partial charge in [0.05, 0.1) is 6.61 Å². The second-order valence-corrected chi connectivity index (χ2v) is 4.14. The Kier molecular flexibility index (Phi) is 6.48. The second-order valence-electron chi connectivity index (χ2n) is 4.14. The molecular formula is C10H20N2O4. The first-order valence-corrected chi connectivity index (χ1v) is 5.22. The zero-order valence-electron chi connectivity index (χ0n) is 10.3. The van der Waals surface area contributed by atoms with E-state index in [0.29, 0.717) is 6.61 Å². The minimum Gasteiger partial charge on any atom is -0.444 e.